The summed E-state index contributed by atoms with van der Waals surface area (Å²) >= 11 is 0. The maximum absolute atomic E-state index is 13.6. The van der Waals surface area contributed by atoms with Crippen molar-refractivity contribution in [2.24, 2.45) is 4.99 Å². The fraction of sp³-hybridized carbons (Fsp3) is 0.632. The summed E-state index contributed by atoms with van der Waals surface area (Å²) in [5.41, 5.74) is 0.0854. The van der Waals surface area contributed by atoms with E-state index in [1.807, 2.05) is 6.92 Å². The molecule has 0 amide bonds. The van der Waals surface area contributed by atoms with Crippen LogP contribution in [0, 0.1) is 11.6 Å². The Morgan fingerprint density at radius 1 is 1.00 bits per heavy atom. The van der Waals surface area contributed by atoms with E-state index in [4.69, 9.17) is 9.47 Å². The van der Waals surface area contributed by atoms with E-state index >= 15 is 0 Å². The Hall–Kier alpha value is -1.000. The second-order valence-electron chi connectivity index (χ2n) is 5.72. The van der Waals surface area contributed by atoms with Crippen LogP contribution in [0.2, 0.25) is 0 Å². The van der Waals surface area contributed by atoms with Crippen LogP contribution in [0.3, 0.4) is 0 Å². The Balaban J connectivity index is 0.00000676. The average molecular weight is 499 g/mol. The highest BCUT2D eigenvalue weighted by Crippen LogP contribution is 2.11. The monoisotopic (exact) mass is 499 g/mol. The lowest BCUT2D eigenvalue weighted by Crippen LogP contribution is -2.38. The maximum atomic E-state index is 13.6. The Morgan fingerprint density at radius 2 is 1.67 bits per heavy atom. The Morgan fingerprint density at radius 3 is 2.30 bits per heavy atom. The second-order valence-corrected chi connectivity index (χ2v) is 5.72. The molecule has 0 atom stereocenters. The van der Waals surface area contributed by atoms with Crippen LogP contribution in [0.15, 0.2) is 23.2 Å². The van der Waals surface area contributed by atoms with Crippen LogP contribution in [0.1, 0.15) is 32.3 Å². The fourth-order valence-corrected chi connectivity index (χ4v) is 2.21. The van der Waals surface area contributed by atoms with Gasteiger partial charge >= 0.3 is 0 Å². The van der Waals surface area contributed by atoms with E-state index in [0.717, 1.165) is 19.4 Å². The molecule has 0 unspecified atom stereocenters. The number of ether oxygens (including phenoxy) is 2. The van der Waals surface area contributed by atoms with Crippen LogP contribution in [-0.4, -0.2) is 52.0 Å². The lowest BCUT2D eigenvalue weighted by atomic mass is 10.1. The van der Waals surface area contributed by atoms with E-state index in [-0.39, 0.29) is 36.0 Å². The summed E-state index contributed by atoms with van der Waals surface area (Å²) in [6.07, 6.45) is 2.44. The third-order valence-electron chi connectivity index (χ3n) is 3.59. The quantitative estimate of drug-likeness (QED) is 0.189. The van der Waals surface area contributed by atoms with Gasteiger partial charge in [-0.3, -0.25) is 4.99 Å². The van der Waals surface area contributed by atoms with Crippen LogP contribution in [-0.2, 0) is 15.9 Å². The first-order valence-electron chi connectivity index (χ1n) is 9.29. The SMILES string of the molecule is CCCCOCCOCCN=C(NCC)NCCc1c(F)cccc1F.I. The largest absolute Gasteiger partial charge is 0.379 e. The third kappa shape index (κ3) is 12.1. The number of nitrogens with zero attached hydrogens (tertiary/aromatic N) is 1. The Labute approximate surface area is 178 Å². The molecule has 8 heteroatoms. The lowest BCUT2D eigenvalue weighted by Gasteiger charge is -2.12. The standard InChI is InChI=1S/C19H31F2N3O2.HI/c1-3-5-12-25-14-15-26-13-11-24-19(22-4-2)23-10-9-16-17(20)7-6-8-18(16)21;/h6-8H,3-5,9-15H2,1-2H3,(H2,22,23,24);1H. The minimum atomic E-state index is -0.525. The molecular formula is C19H32F2IN3O2. The molecule has 156 valence electrons. The lowest BCUT2D eigenvalue weighted by molar-refractivity contribution is 0.0497. The predicted octanol–water partition coefficient (Wildman–Crippen LogP) is 3.51. The highest BCUT2D eigenvalue weighted by Gasteiger charge is 2.08. The second kappa shape index (κ2) is 17.1. The molecule has 0 saturated heterocycles. The summed E-state index contributed by atoms with van der Waals surface area (Å²) in [7, 11) is 0. The summed E-state index contributed by atoms with van der Waals surface area (Å²) in [6, 6.07) is 3.89. The van der Waals surface area contributed by atoms with Gasteiger partial charge in [0.25, 0.3) is 0 Å². The zero-order valence-corrected chi connectivity index (χ0v) is 18.6. The van der Waals surface area contributed by atoms with Gasteiger partial charge in [-0.05, 0) is 31.9 Å². The van der Waals surface area contributed by atoms with Gasteiger partial charge in [-0.1, -0.05) is 19.4 Å². The molecule has 0 radical (unpaired) electrons. The molecule has 1 rings (SSSR count). The Bertz CT molecular complexity index is 513. The molecule has 5 nitrogen and oxygen atoms in total. The van der Waals surface area contributed by atoms with Gasteiger partial charge in [0.05, 0.1) is 26.4 Å². The van der Waals surface area contributed by atoms with Crippen molar-refractivity contribution in [2.45, 2.75) is 33.1 Å². The summed E-state index contributed by atoms with van der Waals surface area (Å²) in [6.45, 7) is 8.08. The normalized spacial score (nSPS) is 11.2. The fourth-order valence-electron chi connectivity index (χ4n) is 2.21. The van der Waals surface area contributed by atoms with E-state index in [0.29, 0.717) is 45.4 Å². The van der Waals surface area contributed by atoms with Gasteiger partial charge in [-0.2, -0.15) is 0 Å². The number of benzene rings is 1. The number of hydrogen-bond acceptors (Lipinski definition) is 3. The molecule has 0 aliphatic rings. The van der Waals surface area contributed by atoms with Gasteiger partial charge < -0.3 is 20.1 Å². The van der Waals surface area contributed by atoms with E-state index < -0.39 is 11.6 Å². The van der Waals surface area contributed by atoms with Crippen molar-refractivity contribution in [3.63, 3.8) is 0 Å². The van der Waals surface area contributed by atoms with Crippen molar-refractivity contribution < 1.29 is 18.3 Å². The molecule has 0 fully saturated rings. The molecule has 27 heavy (non-hydrogen) atoms. The maximum Gasteiger partial charge on any atom is 0.191 e. The third-order valence-corrected chi connectivity index (χ3v) is 3.59. The predicted molar refractivity (Wildman–Crippen MR) is 116 cm³/mol. The zero-order valence-electron chi connectivity index (χ0n) is 16.2. The number of halogens is 3. The first-order chi connectivity index (χ1) is 12.7. The number of unbranched alkanes of at least 4 members (excludes halogenated alkanes) is 1. The van der Waals surface area contributed by atoms with Crippen LogP contribution < -0.4 is 10.6 Å². The highest BCUT2D eigenvalue weighted by molar-refractivity contribution is 14.0. The number of aliphatic imine (C=N–C) groups is 1. The van der Waals surface area contributed by atoms with E-state index in [1.165, 1.54) is 18.2 Å². The molecule has 0 aromatic heterocycles. The van der Waals surface area contributed by atoms with Gasteiger partial charge in [-0.25, -0.2) is 8.78 Å². The van der Waals surface area contributed by atoms with Crippen molar-refractivity contribution in [3.8, 4) is 0 Å². The molecule has 2 N–H and O–H groups in total. The van der Waals surface area contributed by atoms with Crippen molar-refractivity contribution in [3.05, 3.63) is 35.4 Å². The summed E-state index contributed by atoms with van der Waals surface area (Å²) in [4.78, 5) is 4.38. The molecule has 0 aliphatic carbocycles. The highest BCUT2D eigenvalue weighted by atomic mass is 127. The molecule has 1 aromatic carbocycles. The summed E-state index contributed by atoms with van der Waals surface area (Å²) in [5.74, 6) is -0.446. The van der Waals surface area contributed by atoms with Crippen LogP contribution in [0.25, 0.3) is 0 Å². The van der Waals surface area contributed by atoms with Crippen LogP contribution in [0.5, 0.6) is 0 Å². The topological polar surface area (TPSA) is 54.9 Å². The molecule has 0 heterocycles. The van der Waals surface area contributed by atoms with Crippen molar-refractivity contribution in [1.82, 2.24) is 10.6 Å². The number of nitrogens with one attached hydrogen (secondary N) is 2. The number of guanidine groups is 1. The minimum Gasteiger partial charge on any atom is -0.379 e. The summed E-state index contributed by atoms with van der Waals surface area (Å²) < 4.78 is 38.1. The van der Waals surface area contributed by atoms with Gasteiger partial charge in [0, 0.05) is 25.3 Å². The van der Waals surface area contributed by atoms with E-state index in [2.05, 4.69) is 22.5 Å². The van der Waals surface area contributed by atoms with Gasteiger partial charge in [0.1, 0.15) is 11.6 Å². The van der Waals surface area contributed by atoms with Crippen molar-refractivity contribution in [2.75, 3.05) is 46.1 Å². The van der Waals surface area contributed by atoms with E-state index in [1.54, 1.807) is 0 Å². The van der Waals surface area contributed by atoms with Gasteiger partial charge in [-0.15, -0.1) is 24.0 Å². The summed E-state index contributed by atoms with van der Waals surface area (Å²) in [5, 5.41) is 6.17. The van der Waals surface area contributed by atoms with Crippen LogP contribution in [0.4, 0.5) is 8.78 Å². The number of hydrogen-bond donors (Lipinski definition) is 2. The molecule has 0 saturated carbocycles. The minimum absolute atomic E-state index is 0. The molecule has 0 aliphatic heterocycles. The van der Waals surface area contributed by atoms with Gasteiger partial charge in [0.15, 0.2) is 5.96 Å². The van der Waals surface area contributed by atoms with Crippen LogP contribution >= 0.6 is 24.0 Å². The molecule has 1 aromatic rings. The van der Waals surface area contributed by atoms with Crippen molar-refractivity contribution >= 4 is 29.9 Å². The molecular weight excluding hydrogens is 467 g/mol. The zero-order chi connectivity index (χ0) is 19.0. The molecule has 0 spiro atoms. The first-order valence-corrected chi connectivity index (χ1v) is 9.29. The van der Waals surface area contributed by atoms with E-state index in [9.17, 15) is 8.78 Å². The first kappa shape index (κ1) is 26.0. The van der Waals surface area contributed by atoms with Crippen molar-refractivity contribution in [1.29, 1.82) is 0 Å². The Kier molecular flexibility index (Phi) is 16.5. The average Bonchev–Trinajstić information content (AvgIpc) is 2.62. The number of rotatable bonds is 13. The molecule has 0 bridgehead atoms. The van der Waals surface area contributed by atoms with Gasteiger partial charge in [0.2, 0.25) is 0 Å². The smallest absolute Gasteiger partial charge is 0.191 e.